The van der Waals surface area contributed by atoms with Crippen LogP contribution in [0, 0.1) is 6.92 Å². The fourth-order valence-electron chi connectivity index (χ4n) is 1.69. The number of halogens is 1. The number of carbonyl (C=O) groups excluding carboxylic acids is 1. The van der Waals surface area contributed by atoms with E-state index in [1.807, 2.05) is 6.92 Å². The molecule has 0 saturated carbocycles. The number of sulfonamides is 1. The minimum atomic E-state index is -3.62. The predicted molar refractivity (Wildman–Crippen MR) is 85.3 cm³/mol. The molecule has 0 aliphatic heterocycles. The van der Waals surface area contributed by atoms with Crippen molar-refractivity contribution in [1.29, 1.82) is 0 Å². The van der Waals surface area contributed by atoms with Gasteiger partial charge in [-0.25, -0.2) is 13.1 Å². The number of carbonyl (C=O) groups is 1. The summed E-state index contributed by atoms with van der Waals surface area (Å²) in [6.07, 6.45) is 0.993. The summed E-state index contributed by atoms with van der Waals surface area (Å²) in [5, 5.41) is 3.10. The first-order valence-corrected chi connectivity index (χ1v) is 7.97. The second kappa shape index (κ2) is 8.99. The smallest absolute Gasteiger partial charge is 0.249 e. The molecule has 1 aromatic carbocycles. The molecule has 21 heavy (non-hydrogen) atoms. The van der Waals surface area contributed by atoms with Crippen molar-refractivity contribution in [3.8, 4) is 0 Å². The second-order valence-electron chi connectivity index (χ2n) is 4.49. The zero-order valence-corrected chi connectivity index (χ0v) is 13.8. The molecule has 0 fully saturated rings. The lowest BCUT2D eigenvalue weighted by molar-refractivity contribution is 0.0999. The third kappa shape index (κ3) is 6.01. The molecule has 1 amide bonds. The average molecular weight is 336 g/mol. The zero-order chi connectivity index (χ0) is 15.2. The Kier molecular flexibility index (Phi) is 8.50. The number of hydrogen-bond donors (Lipinski definition) is 3. The maximum absolute atomic E-state index is 12.1. The van der Waals surface area contributed by atoms with Gasteiger partial charge in [-0.2, -0.15) is 0 Å². The van der Waals surface area contributed by atoms with Crippen molar-refractivity contribution in [2.24, 2.45) is 5.73 Å². The van der Waals surface area contributed by atoms with Crippen molar-refractivity contribution in [3.63, 3.8) is 0 Å². The van der Waals surface area contributed by atoms with Gasteiger partial charge in [0.05, 0.1) is 4.90 Å². The Bertz CT molecular complexity index is 576. The highest BCUT2D eigenvalue weighted by molar-refractivity contribution is 7.89. The van der Waals surface area contributed by atoms with Crippen molar-refractivity contribution >= 4 is 28.3 Å². The number of primary amides is 1. The van der Waals surface area contributed by atoms with Gasteiger partial charge in [-0.1, -0.05) is 13.0 Å². The summed E-state index contributed by atoms with van der Waals surface area (Å²) in [7, 11) is -3.62. The van der Waals surface area contributed by atoms with Gasteiger partial charge < -0.3 is 11.1 Å². The lowest BCUT2D eigenvalue weighted by Crippen LogP contribution is -2.32. The molecule has 8 heteroatoms. The number of hydrogen-bond acceptors (Lipinski definition) is 4. The molecule has 1 rings (SSSR count). The van der Waals surface area contributed by atoms with Crippen LogP contribution in [0.1, 0.15) is 29.3 Å². The van der Waals surface area contributed by atoms with Gasteiger partial charge >= 0.3 is 0 Å². The molecular formula is C13H22ClN3O3S. The molecule has 6 nitrogen and oxygen atoms in total. The summed E-state index contributed by atoms with van der Waals surface area (Å²) in [5.41, 5.74) is 6.09. The van der Waals surface area contributed by atoms with Crippen molar-refractivity contribution < 1.29 is 13.2 Å². The highest BCUT2D eigenvalue weighted by atomic mass is 35.5. The van der Waals surface area contributed by atoms with Crippen LogP contribution in [0.15, 0.2) is 23.1 Å². The van der Waals surface area contributed by atoms with Gasteiger partial charge in [0, 0.05) is 18.7 Å². The van der Waals surface area contributed by atoms with E-state index >= 15 is 0 Å². The van der Waals surface area contributed by atoms with Crippen LogP contribution in [0.5, 0.6) is 0 Å². The largest absolute Gasteiger partial charge is 0.366 e. The number of benzene rings is 1. The first kappa shape index (κ1) is 19.9. The summed E-state index contributed by atoms with van der Waals surface area (Å²) in [5.74, 6) is -0.635. The van der Waals surface area contributed by atoms with Crippen molar-refractivity contribution in [1.82, 2.24) is 10.0 Å². The van der Waals surface area contributed by atoms with E-state index in [9.17, 15) is 13.2 Å². The first-order chi connectivity index (χ1) is 9.38. The highest BCUT2D eigenvalue weighted by Crippen LogP contribution is 2.15. The summed E-state index contributed by atoms with van der Waals surface area (Å²) in [6.45, 7) is 5.44. The number of nitrogens with one attached hydrogen (secondary N) is 2. The fraction of sp³-hybridized carbons (Fsp3) is 0.462. The van der Waals surface area contributed by atoms with Crippen LogP contribution in [0.25, 0.3) is 0 Å². The lowest BCUT2D eigenvalue weighted by atomic mass is 10.1. The Morgan fingerprint density at radius 3 is 2.48 bits per heavy atom. The second-order valence-corrected chi connectivity index (χ2v) is 6.26. The summed E-state index contributed by atoms with van der Waals surface area (Å²) < 4.78 is 26.6. The third-order valence-electron chi connectivity index (χ3n) is 2.81. The minimum absolute atomic E-state index is 0. The molecule has 0 spiro atoms. The maximum atomic E-state index is 12.1. The molecule has 0 aromatic heterocycles. The van der Waals surface area contributed by atoms with Crippen molar-refractivity contribution in [2.75, 3.05) is 19.6 Å². The normalized spacial score (nSPS) is 11.0. The summed E-state index contributed by atoms with van der Waals surface area (Å²) in [6, 6.07) is 4.34. The van der Waals surface area contributed by atoms with Gasteiger partial charge in [0.2, 0.25) is 15.9 Å². The molecule has 120 valence electrons. The van der Waals surface area contributed by atoms with Gasteiger partial charge in [-0.05, 0) is 37.6 Å². The van der Waals surface area contributed by atoms with Gasteiger partial charge in [0.15, 0.2) is 0 Å². The minimum Gasteiger partial charge on any atom is -0.366 e. The van der Waals surface area contributed by atoms with E-state index in [1.165, 1.54) is 12.1 Å². The van der Waals surface area contributed by atoms with E-state index in [4.69, 9.17) is 5.73 Å². The molecule has 0 aliphatic carbocycles. The van der Waals surface area contributed by atoms with Crippen LogP contribution in [0.4, 0.5) is 0 Å². The van der Waals surface area contributed by atoms with E-state index < -0.39 is 15.9 Å². The van der Waals surface area contributed by atoms with Crippen LogP contribution < -0.4 is 15.8 Å². The van der Waals surface area contributed by atoms with E-state index in [-0.39, 0.29) is 22.9 Å². The lowest BCUT2D eigenvalue weighted by Gasteiger charge is -2.09. The van der Waals surface area contributed by atoms with Gasteiger partial charge in [-0.15, -0.1) is 12.4 Å². The fourth-order valence-corrected chi connectivity index (χ4v) is 2.75. The monoisotopic (exact) mass is 335 g/mol. The topological polar surface area (TPSA) is 101 Å². The van der Waals surface area contributed by atoms with E-state index in [0.717, 1.165) is 13.0 Å². The summed E-state index contributed by atoms with van der Waals surface area (Å²) >= 11 is 0. The molecule has 0 heterocycles. The molecule has 0 aliphatic rings. The van der Waals surface area contributed by atoms with Crippen LogP contribution in [0.3, 0.4) is 0 Å². The van der Waals surface area contributed by atoms with E-state index in [2.05, 4.69) is 10.0 Å². The quantitative estimate of drug-likeness (QED) is 0.611. The third-order valence-corrected chi connectivity index (χ3v) is 4.26. The average Bonchev–Trinajstić information content (AvgIpc) is 2.38. The van der Waals surface area contributed by atoms with Crippen LogP contribution in [-0.2, 0) is 10.0 Å². The van der Waals surface area contributed by atoms with Gasteiger partial charge in [-0.3, -0.25) is 4.79 Å². The molecular weight excluding hydrogens is 314 g/mol. The predicted octanol–water partition coefficient (Wildman–Crippen LogP) is 0.794. The van der Waals surface area contributed by atoms with Crippen molar-refractivity contribution in [2.45, 2.75) is 25.2 Å². The molecule has 0 unspecified atom stereocenters. The zero-order valence-electron chi connectivity index (χ0n) is 12.2. The SMILES string of the molecule is CCCNCCNS(=O)(=O)c1ccc(C)c(C(N)=O)c1.Cl. The van der Waals surface area contributed by atoms with Crippen LogP contribution in [0.2, 0.25) is 0 Å². The van der Waals surface area contributed by atoms with E-state index in [1.54, 1.807) is 13.0 Å². The Morgan fingerprint density at radius 1 is 1.24 bits per heavy atom. The highest BCUT2D eigenvalue weighted by Gasteiger charge is 2.16. The van der Waals surface area contributed by atoms with E-state index in [0.29, 0.717) is 18.7 Å². The first-order valence-electron chi connectivity index (χ1n) is 6.49. The molecule has 1 aromatic rings. The number of aryl methyl sites for hydroxylation is 1. The number of amides is 1. The Hall–Kier alpha value is -1.15. The molecule has 0 atom stereocenters. The molecule has 4 N–H and O–H groups in total. The molecule has 0 saturated heterocycles. The van der Waals surface area contributed by atoms with Crippen LogP contribution in [-0.4, -0.2) is 34.0 Å². The Balaban J connectivity index is 0.00000400. The van der Waals surface area contributed by atoms with Crippen LogP contribution >= 0.6 is 12.4 Å². The Labute approximate surface area is 132 Å². The Morgan fingerprint density at radius 2 is 1.90 bits per heavy atom. The van der Waals surface area contributed by atoms with Gasteiger partial charge in [0.25, 0.3) is 0 Å². The summed E-state index contributed by atoms with van der Waals surface area (Å²) in [4.78, 5) is 11.3. The molecule has 0 radical (unpaired) electrons. The van der Waals surface area contributed by atoms with Gasteiger partial charge in [0.1, 0.15) is 0 Å². The number of nitrogens with two attached hydrogens (primary N) is 1. The number of rotatable bonds is 8. The molecule has 0 bridgehead atoms. The van der Waals surface area contributed by atoms with Crippen molar-refractivity contribution in [3.05, 3.63) is 29.3 Å². The maximum Gasteiger partial charge on any atom is 0.249 e. The standard InChI is InChI=1S/C13H21N3O3S.ClH/c1-3-6-15-7-8-16-20(18,19)11-5-4-10(2)12(9-11)13(14)17;/h4-5,9,15-16H,3,6-8H2,1-2H3,(H2,14,17);1H.